The van der Waals surface area contributed by atoms with Crippen LogP contribution < -0.4 is 4.90 Å². The Balaban J connectivity index is 1.48. The van der Waals surface area contributed by atoms with E-state index in [1.807, 2.05) is 24.3 Å². The second kappa shape index (κ2) is 8.62. The number of nitro groups is 1. The number of aryl methyl sites for hydroxylation is 1. The summed E-state index contributed by atoms with van der Waals surface area (Å²) in [5, 5.41) is 27.1. The van der Waals surface area contributed by atoms with Gasteiger partial charge in [0.15, 0.2) is 0 Å². The molecule has 1 aliphatic rings. The molecular weight excluding hydrogens is 464 g/mol. The molecule has 0 saturated carbocycles. The van der Waals surface area contributed by atoms with Crippen molar-refractivity contribution >= 4 is 39.3 Å². The second-order valence-electron chi connectivity index (χ2n) is 7.90. The number of nitrogens with zero attached hydrogens (tertiary/aromatic N) is 6. The topological polar surface area (TPSA) is 100 Å². The molecule has 1 saturated heterocycles. The van der Waals surface area contributed by atoms with Crippen LogP contribution in [-0.4, -0.2) is 55.7 Å². The lowest BCUT2D eigenvalue weighted by Crippen LogP contribution is -2.47. The molecule has 9 nitrogen and oxygen atoms in total. The quantitative estimate of drug-likeness (QED) is 0.333. The van der Waals surface area contributed by atoms with E-state index in [2.05, 4.69) is 19.9 Å². The van der Waals surface area contributed by atoms with E-state index in [-0.39, 0.29) is 17.6 Å². The lowest BCUT2D eigenvalue weighted by molar-refractivity contribution is -0.384. The molecule has 2 aromatic heterocycles. The van der Waals surface area contributed by atoms with E-state index < -0.39 is 4.92 Å². The minimum Gasteiger partial charge on any atom is -0.492 e. The predicted molar refractivity (Wildman–Crippen MR) is 127 cm³/mol. The Bertz CT molecular complexity index is 1310. The molecule has 0 bridgehead atoms. The highest BCUT2D eigenvalue weighted by atomic mass is 35.5. The number of piperazine rings is 1. The number of non-ortho nitro benzene ring substituents is 1. The highest BCUT2D eigenvalue weighted by Gasteiger charge is 2.32. The summed E-state index contributed by atoms with van der Waals surface area (Å²) in [5.41, 5.74) is 1.98. The van der Waals surface area contributed by atoms with Crippen molar-refractivity contribution in [1.82, 2.24) is 19.5 Å². The van der Waals surface area contributed by atoms with Crippen LogP contribution in [0, 0.1) is 17.0 Å². The summed E-state index contributed by atoms with van der Waals surface area (Å²) in [5.74, 6) is 0.640. The molecule has 5 rings (SSSR count). The summed E-state index contributed by atoms with van der Waals surface area (Å²) < 4.78 is 1.45. The molecule has 0 aliphatic carbocycles. The lowest BCUT2D eigenvalue weighted by atomic mass is 10.0. The van der Waals surface area contributed by atoms with Gasteiger partial charge in [0.05, 0.1) is 15.8 Å². The molecule has 4 aromatic rings. The Morgan fingerprint density at radius 3 is 2.52 bits per heavy atom. The van der Waals surface area contributed by atoms with Gasteiger partial charge >= 0.3 is 0 Å². The van der Waals surface area contributed by atoms with Gasteiger partial charge < -0.3 is 10.0 Å². The maximum absolute atomic E-state index is 11.1. The number of nitro benzene ring substituents is 1. The Morgan fingerprint density at radius 1 is 1.15 bits per heavy atom. The van der Waals surface area contributed by atoms with Crippen LogP contribution in [-0.2, 0) is 0 Å². The van der Waals surface area contributed by atoms with Gasteiger partial charge in [-0.3, -0.25) is 15.0 Å². The van der Waals surface area contributed by atoms with Gasteiger partial charge in [0.1, 0.15) is 5.82 Å². The molecule has 1 atom stereocenters. The molecule has 1 N–H and O–H groups in total. The molecule has 170 valence electrons. The number of hydrogen-bond acceptors (Lipinski definition) is 8. The number of hydrogen-bond donors (Lipinski definition) is 1. The van der Waals surface area contributed by atoms with E-state index in [0.29, 0.717) is 15.8 Å². The SMILES string of the molecule is Cc1nc2sc([C@@H](c3ccc([N+](=O)[O-])cc3)N3CCN(c4cccc(Cl)c4)CC3)c(O)n2n1. The van der Waals surface area contributed by atoms with Crippen molar-refractivity contribution in [3.63, 3.8) is 0 Å². The van der Waals surface area contributed by atoms with Crippen LogP contribution in [0.25, 0.3) is 4.96 Å². The second-order valence-corrected chi connectivity index (χ2v) is 9.34. The van der Waals surface area contributed by atoms with Crippen LogP contribution in [0.2, 0.25) is 5.02 Å². The summed E-state index contributed by atoms with van der Waals surface area (Å²) in [7, 11) is 0. The number of thiazole rings is 1. The van der Waals surface area contributed by atoms with E-state index >= 15 is 0 Å². The predicted octanol–water partition coefficient (Wildman–Crippen LogP) is 4.28. The van der Waals surface area contributed by atoms with Gasteiger partial charge in [-0.25, -0.2) is 4.98 Å². The highest BCUT2D eigenvalue weighted by Crippen LogP contribution is 2.40. The molecule has 2 aromatic carbocycles. The standard InChI is InChI=1S/C22H21ClN6O3S/c1-14-24-22-28(25-14)21(30)20(33-22)19(15-5-7-17(8-6-15)29(31)32)27-11-9-26(10-12-27)18-4-2-3-16(23)13-18/h2-8,13,19,30H,9-12H2,1H3/t19-/m1/s1. The van der Waals surface area contributed by atoms with Gasteiger partial charge in [-0.2, -0.15) is 4.52 Å². The number of aromatic nitrogens is 3. The number of benzene rings is 2. The molecule has 33 heavy (non-hydrogen) atoms. The first-order valence-electron chi connectivity index (χ1n) is 10.4. The van der Waals surface area contributed by atoms with Crippen LogP contribution in [0.3, 0.4) is 0 Å². The first-order valence-corrected chi connectivity index (χ1v) is 11.6. The first-order chi connectivity index (χ1) is 15.9. The number of anilines is 1. The summed E-state index contributed by atoms with van der Waals surface area (Å²) in [4.78, 5) is 21.0. The third-order valence-corrected chi connectivity index (χ3v) is 7.13. The Hall–Kier alpha value is -3.21. The van der Waals surface area contributed by atoms with E-state index in [0.717, 1.165) is 42.3 Å². The van der Waals surface area contributed by atoms with E-state index in [1.165, 1.54) is 28.0 Å². The van der Waals surface area contributed by atoms with Gasteiger partial charge in [-0.1, -0.05) is 41.1 Å². The number of aromatic hydroxyl groups is 1. The van der Waals surface area contributed by atoms with E-state index in [9.17, 15) is 15.2 Å². The monoisotopic (exact) mass is 484 g/mol. The molecule has 3 heterocycles. The van der Waals surface area contributed by atoms with Gasteiger partial charge in [0.2, 0.25) is 10.8 Å². The average Bonchev–Trinajstić information content (AvgIpc) is 3.32. The van der Waals surface area contributed by atoms with Gasteiger partial charge in [-0.15, -0.1) is 5.10 Å². The van der Waals surface area contributed by atoms with Crippen molar-refractivity contribution in [3.05, 3.63) is 79.9 Å². The molecule has 1 fully saturated rings. The largest absolute Gasteiger partial charge is 0.492 e. The lowest BCUT2D eigenvalue weighted by Gasteiger charge is -2.40. The number of fused-ring (bicyclic) bond motifs is 1. The van der Waals surface area contributed by atoms with Gasteiger partial charge in [-0.05, 0) is 30.7 Å². The number of rotatable bonds is 5. The van der Waals surface area contributed by atoms with Crippen molar-refractivity contribution in [1.29, 1.82) is 0 Å². The zero-order chi connectivity index (χ0) is 23.1. The van der Waals surface area contributed by atoms with Crippen LogP contribution in [0.5, 0.6) is 5.88 Å². The number of halogens is 1. The van der Waals surface area contributed by atoms with E-state index in [4.69, 9.17) is 11.6 Å². The fourth-order valence-corrected chi connectivity index (χ4v) is 5.59. The van der Waals surface area contributed by atoms with E-state index in [1.54, 1.807) is 19.1 Å². The summed E-state index contributed by atoms with van der Waals surface area (Å²) in [6.07, 6.45) is 0. The van der Waals surface area contributed by atoms with Gasteiger partial charge in [0.25, 0.3) is 5.69 Å². The minimum atomic E-state index is -0.411. The van der Waals surface area contributed by atoms with Crippen LogP contribution in [0.15, 0.2) is 48.5 Å². The summed E-state index contributed by atoms with van der Waals surface area (Å²) in [6, 6.07) is 14.0. The average molecular weight is 485 g/mol. The maximum Gasteiger partial charge on any atom is 0.269 e. The Kier molecular flexibility index (Phi) is 5.65. The third-order valence-electron chi connectivity index (χ3n) is 5.83. The van der Waals surface area contributed by atoms with Crippen molar-refractivity contribution in [3.8, 4) is 5.88 Å². The molecule has 0 spiro atoms. The van der Waals surface area contributed by atoms with Crippen molar-refractivity contribution in [2.75, 3.05) is 31.1 Å². The molecule has 11 heteroatoms. The third kappa shape index (κ3) is 4.12. The smallest absolute Gasteiger partial charge is 0.269 e. The maximum atomic E-state index is 11.1. The highest BCUT2D eigenvalue weighted by molar-refractivity contribution is 7.17. The van der Waals surface area contributed by atoms with Crippen LogP contribution in [0.4, 0.5) is 11.4 Å². The normalized spacial score (nSPS) is 15.8. The van der Waals surface area contributed by atoms with Crippen LogP contribution in [0.1, 0.15) is 22.3 Å². The Morgan fingerprint density at radius 2 is 1.88 bits per heavy atom. The molecule has 0 unspecified atom stereocenters. The molecule has 1 aliphatic heterocycles. The summed E-state index contributed by atoms with van der Waals surface area (Å²) >= 11 is 7.55. The zero-order valence-corrected chi connectivity index (χ0v) is 19.3. The molecule has 0 amide bonds. The first kappa shape index (κ1) is 21.6. The fraction of sp³-hybridized carbons (Fsp3) is 0.273. The van der Waals surface area contributed by atoms with Crippen molar-refractivity contribution in [2.24, 2.45) is 0 Å². The van der Waals surface area contributed by atoms with Crippen LogP contribution >= 0.6 is 22.9 Å². The van der Waals surface area contributed by atoms with Crippen molar-refractivity contribution < 1.29 is 10.0 Å². The van der Waals surface area contributed by atoms with Crippen molar-refractivity contribution in [2.45, 2.75) is 13.0 Å². The molecule has 0 radical (unpaired) electrons. The Labute approximate surface area is 198 Å². The minimum absolute atomic E-state index is 0.0331. The molecular formula is C22H21ClN6O3S. The zero-order valence-electron chi connectivity index (χ0n) is 17.8. The fourth-order valence-electron chi connectivity index (χ4n) is 4.24. The van der Waals surface area contributed by atoms with Gasteiger partial charge in [0, 0.05) is 49.0 Å². The summed E-state index contributed by atoms with van der Waals surface area (Å²) in [6.45, 7) is 4.82.